The molecule has 0 saturated heterocycles. The molecule has 0 amide bonds. The first kappa shape index (κ1) is 23.3. The van der Waals surface area contributed by atoms with Crippen LogP contribution in [0, 0.1) is 0 Å². The SMILES string of the molecule is C=Nc1cc(C(CC)OC)sc1/C(=C\C)c1cc(Cl)cc2c1OC(c1onc3c1CNCC3)C2. The highest BCUT2D eigenvalue weighted by atomic mass is 35.5. The molecule has 1 aromatic carbocycles. The molecule has 0 bridgehead atoms. The van der Waals surface area contributed by atoms with Crippen LogP contribution in [0.4, 0.5) is 5.69 Å². The quantitative estimate of drug-likeness (QED) is 0.373. The fourth-order valence-electron chi connectivity index (χ4n) is 4.85. The van der Waals surface area contributed by atoms with Crippen molar-refractivity contribution in [2.24, 2.45) is 4.99 Å². The second-order valence-electron chi connectivity index (χ2n) is 8.51. The lowest BCUT2D eigenvalue weighted by molar-refractivity contribution is 0.103. The third-order valence-corrected chi connectivity index (χ3v) is 7.99. The molecule has 1 N–H and O–H groups in total. The number of benzene rings is 1. The van der Waals surface area contributed by atoms with Crippen molar-refractivity contribution < 1.29 is 14.0 Å². The molecule has 4 heterocycles. The molecule has 6 nitrogen and oxygen atoms in total. The van der Waals surface area contributed by atoms with E-state index >= 15 is 0 Å². The van der Waals surface area contributed by atoms with E-state index in [9.17, 15) is 0 Å². The van der Waals surface area contributed by atoms with E-state index in [1.165, 1.54) is 0 Å². The molecule has 2 aromatic heterocycles. The fourth-order valence-corrected chi connectivity index (χ4v) is 6.46. The van der Waals surface area contributed by atoms with Gasteiger partial charge in [0.1, 0.15) is 5.75 Å². The van der Waals surface area contributed by atoms with Crippen LogP contribution in [0.2, 0.25) is 5.02 Å². The Labute approximate surface area is 208 Å². The number of aliphatic imine (C=N–C) groups is 1. The monoisotopic (exact) mass is 497 g/mol. The van der Waals surface area contributed by atoms with Gasteiger partial charge in [-0.3, -0.25) is 4.99 Å². The fraction of sp³-hybridized carbons (Fsp3) is 0.385. The number of methoxy groups -OCH3 is 1. The van der Waals surface area contributed by atoms with Crippen molar-refractivity contribution >= 4 is 40.9 Å². The van der Waals surface area contributed by atoms with Crippen LogP contribution in [0.3, 0.4) is 0 Å². The van der Waals surface area contributed by atoms with E-state index in [0.717, 1.165) is 80.8 Å². The van der Waals surface area contributed by atoms with Gasteiger partial charge in [0.05, 0.1) is 22.4 Å². The molecule has 3 aromatic rings. The van der Waals surface area contributed by atoms with Crippen LogP contribution < -0.4 is 10.1 Å². The van der Waals surface area contributed by atoms with Gasteiger partial charge in [0.2, 0.25) is 0 Å². The summed E-state index contributed by atoms with van der Waals surface area (Å²) >= 11 is 8.27. The van der Waals surface area contributed by atoms with Gasteiger partial charge in [-0.05, 0) is 38.3 Å². The largest absolute Gasteiger partial charge is 0.481 e. The minimum Gasteiger partial charge on any atom is -0.481 e. The highest BCUT2D eigenvalue weighted by Crippen LogP contribution is 2.49. The zero-order valence-corrected chi connectivity index (χ0v) is 21.2. The van der Waals surface area contributed by atoms with Gasteiger partial charge in [-0.15, -0.1) is 11.3 Å². The van der Waals surface area contributed by atoms with E-state index in [1.54, 1.807) is 18.4 Å². The number of ether oxygens (including phenoxy) is 2. The van der Waals surface area contributed by atoms with E-state index in [0.29, 0.717) is 11.4 Å². The second kappa shape index (κ2) is 9.66. The highest BCUT2D eigenvalue weighted by Gasteiger charge is 2.35. The third kappa shape index (κ3) is 4.01. The van der Waals surface area contributed by atoms with Crippen LogP contribution in [-0.4, -0.2) is 25.5 Å². The number of halogens is 1. The standard InChI is InChI=1S/C26H28ClN3O3S/c1-5-16(26-20(28-3)12-23(34-26)21(6-2)31-4)17-11-15(27)9-14-10-22(32-24(14)17)25-18-13-29-8-7-19(18)30-33-25/h5,9,11-12,21-22,29H,3,6-8,10,13H2,1-2,4H3/b16-5-. The predicted molar refractivity (Wildman–Crippen MR) is 137 cm³/mol. The van der Waals surface area contributed by atoms with Crippen LogP contribution in [-0.2, 0) is 24.1 Å². The van der Waals surface area contributed by atoms with E-state index in [2.05, 4.69) is 41.2 Å². The number of hydrogen-bond donors (Lipinski definition) is 1. The number of nitrogens with one attached hydrogen (secondary N) is 1. The van der Waals surface area contributed by atoms with Gasteiger partial charge in [-0.2, -0.15) is 0 Å². The van der Waals surface area contributed by atoms with Gasteiger partial charge in [0, 0.05) is 65.2 Å². The van der Waals surface area contributed by atoms with Crippen molar-refractivity contribution in [2.75, 3.05) is 13.7 Å². The normalized spacial score (nSPS) is 18.4. The smallest absolute Gasteiger partial charge is 0.182 e. The van der Waals surface area contributed by atoms with Gasteiger partial charge >= 0.3 is 0 Å². The maximum atomic E-state index is 6.60. The van der Waals surface area contributed by atoms with Crippen molar-refractivity contribution in [1.82, 2.24) is 10.5 Å². The summed E-state index contributed by atoms with van der Waals surface area (Å²) in [6.45, 7) is 9.61. The van der Waals surface area contributed by atoms with E-state index < -0.39 is 0 Å². The number of allylic oxidation sites excluding steroid dienone is 1. The van der Waals surface area contributed by atoms with Crippen molar-refractivity contribution in [2.45, 2.75) is 51.9 Å². The Morgan fingerprint density at radius 1 is 1.44 bits per heavy atom. The van der Waals surface area contributed by atoms with Gasteiger partial charge in [-0.25, -0.2) is 0 Å². The van der Waals surface area contributed by atoms with Crippen LogP contribution in [0.15, 0.2) is 33.8 Å². The predicted octanol–water partition coefficient (Wildman–Crippen LogP) is 6.59. The topological polar surface area (TPSA) is 68.9 Å². The van der Waals surface area contributed by atoms with Crippen molar-refractivity contribution in [3.05, 3.63) is 67.2 Å². The minimum absolute atomic E-state index is 0.0225. The third-order valence-electron chi connectivity index (χ3n) is 6.53. The number of rotatable bonds is 7. The number of hydrogen-bond acceptors (Lipinski definition) is 7. The van der Waals surface area contributed by atoms with Gasteiger partial charge < -0.3 is 19.3 Å². The van der Waals surface area contributed by atoms with Crippen LogP contribution >= 0.6 is 22.9 Å². The number of nitrogens with zero attached hydrogens (tertiary/aromatic N) is 2. The molecule has 0 saturated carbocycles. The zero-order valence-electron chi connectivity index (χ0n) is 19.6. The Kier molecular flexibility index (Phi) is 6.62. The molecule has 2 unspecified atom stereocenters. The molecule has 34 heavy (non-hydrogen) atoms. The number of thiophene rings is 1. The van der Waals surface area contributed by atoms with E-state index in [4.69, 9.17) is 25.6 Å². The van der Waals surface area contributed by atoms with Gasteiger partial charge in [0.15, 0.2) is 11.9 Å². The molecule has 2 atom stereocenters. The van der Waals surface area contributed by atoms with Crippen molar-refractivity contribution in [1.29, 1.82) is 0 Å². The Bertz CT molecular complexity index is 1260. The molecule has 0 radical (unpaired) electrons. The molecule has 2 aliphatic rings. The first-order valence-corrected chi connectivity index (χ1v) is 12.7. The van der Waals surface area contributed by atoms with Gasteiger partial charge in [-0.1, -0.05) is 29.8 Å². The van der Waals surface area contributed by atoms with Crippen molar-refractivity contribution in [3.63, 3.8) is 0 Å². The van der Waals surface area contributed by atoms with E-state index in [1.807, 2.05) is 19.1 Å². The summed E-state index contributed by atoms with van der Waals surface area (Å²) < 4.78 is 18.0. The van der Waals surface area contributed by atoms with E-state index in [-0.39, 0.29) is 12.2 Å². The Morgan fingerprint density at radius 3 is 3.03 bits per heavy atom. The maximum absolute atomic E-state index is 6.60. The molecular formula is C26H28ClN3O3S. The molecule has 0 spiro atoms. The summed E-state index contributed by atoms with van der Waals surface area (Å²) in [4.78, 5) is 6.47. The first-order valence-electron chi connectivity index (χ1n) is 11.5. The summed E-state index contributed by atoms with van der Waals surface area (Å²) in [6, 6.07) is 6.02. The Balaban J connectivity index is 1.55. The summed E-state index contributed by atoms with van der Waals surface area (Å²) in [6.07, 6.45) is 4.32. The molecule has 2 aliphatic heterocycles. The van der Waals surface area contributed by atoms with Crippen LogP contribution in [0.1, 0.15) is 70.4 Å². The molecule has 8 heteroatoms. The lowest BCUT2D eigenvalue weighted by Crippen LogP contribution is -2.24. The van der Waals surface area contributed by atoms with Crippen LogP contribution in [0.5, 0.6) is 5.75 Å². The molecule has 0 aliphatic carbocycles. The zero-order chi connectivity index (χ0) is 23.8. The Hall–Kier alpha value is -2.45. The lowest BCUT2D eigenvalue weighted by atomic mass is 9.97. The lowest BCUT2D eigenvalue weighted by Gasteiger charge is -2.16. The summed E-state index contributed by atoms with van der Waals surface area (Å²) in [7, 11) is 1.74. The highest BCUT2D eigenvalue weighted by molar-refractivity contribution is 7.13. The van der Waals surface area contributed by atoms with Gasteiger partial charge in [0.25, 0.3) is 0 Å². The van der Waals surface area contributed by atoms with Crippen LogP contribution in [0.25, 0.3) is 5.57 Å². The molecule has 178 valence electrons. The first-order chi connectivity index (χ1) is 16.6. The average molecular weight is 498 g/mol. The minimum atomic E-state index is -0.227. The second-order valence-corrected chi connectivity index (χ2v) is 10.0. The summed E-state index contributed by atoms with van der Waals surface area (Å²) in [5.41, 5.74) is 6.01. The number of fused-ring (bicyclic) bond motifs is 2. The molecule has 0 fully saturated rings. The summed E-state index contributed by atoms with van der Waals surface area (Å²) in [5, 5.41) is 8.38. The summed E-state index contributed by atoms with van der Waals surface area (Å²) in [5.74, 6) is 1.64. The number of aromatic nitrogens is 1. The Morgan fingerprint density at radius 2 is 2.29 bits per heavy atom. The van der Waals surface area contributed by atoms with Crippen molar-refractivity contribution in [3.8, 4) is 5.75 Å². The average Bonchev–Trinajstić information content (AvgIpc) is 3.57. The molecular weight excluding hydrogens is 470 g/mol. The maximum Gasteiger partial charge on any atom is 0.182 e. The molecule has 5 rings (SSSR count).